The van der Waals surface area contributed by atoms with E-state index in [1.54, 1.807) is 13.8 Å². The lowest BCUT2D eigenvalue weighted by Gasteiger charge is -2.13. The molecule has 0 fully saturated rings. The van der Waals surface area contributed by atoms with E-state index in [1.165, 1.54) is 10.9 Å². The smallest absolute Gasteiger partial charge is 0.249 e. The molecule has 0 saturated heterocycles. The van der Waals surface area contributed by atoms with Gasteiger partial charge in [-0.15, -0.1) is 0 Å². The first-order chi connectivity index (χ1) is 9.92. The first-order valence-electron chi connectivity index (χ1n) is 6.14. The maximum atomic E-state index is 13.5. The Bertz CT molecular complexity index is 733. The van der Waals surface area contributed by atoms with E-state index in [0.29, 0.717) is 17.3 Å². The van der Waals surface area contributed by atoms with Crippen molar-refractivity contribution in [2.75, 3.05) is 5.32 Å². The number of nitrogens with one attached hydrogen (secondary N) is 1. The Hall–Kier alpha value is -2.75. The molecule has 1 aromatic carbocycles. The van der Waals surface area contributed by atoms with Crippen LogP contribution in [-0.4, -0.2) is 15.7 Å². The monoisotopic (exact) mass is 290 g/mol. The van der Waals surface area contributed by atoms with Crippen LogP contribution in [0.25, 0.3) is 0 Å². The lowest BCUT2D eigenvalue weighted by atomic mass is 10.2. The van der Waals surface area contributed by atoms with Crippen LogP contribution in [0.5, 0.6) is 0 Å². The van der Waals surface area contributed by atoms with Crippen LogP contribution in [0, 0.1) is 29.9 Å². The van der Waals surface area contributed by atoms with Gasteiger partial charge in [-0.05, 0) is 26.0 Å². The van der Waals surface area contributed by atoms with Gasteiger partial charge in [-0.25, -0.2) is 8.78 Å². The van der Waals surface area contributed by atoms with Crippen LogP contribution in [0.15, 0.2) is 24.4 Å². The highest BCUT2D eigenvalue weighted by atomic mass is 19.1. The molecular weight excluding hydrogens is 278 g/mol. The van der Waals surface area contributed by atoms with E-state index in [-0.39, 0.29) is 5.69 Å². The normalized spacial score (nSPS) is 11.8. The maximum Gasteiger partial charge on any atom is 0.249 e. The largest absolute Gasteiger partial charge is 0.322 e. The molecule has 0 spiro atoms. The summed E-state index contributed by atoms with van der Waals surface area (Å²) >= 11 is 0. The van der Waals surface area contributed by atoms with Crippen LogP contribution in [0.3, 0.4) is 0 Å². The number of rotatable bonds is 3. The lowest BCUT2D eigenvalue weighted by Crippen LogP contribution is -2.24. The van der Waals surface area contributed by atoms with Gasteiger partial charge in [-0.1, -0.05) is 0 Å². The van der Waals surface area contributed by atoms with Crippen LogP contribution in [-0.2, 0) is 4.79 Å². The molecule has 5 nitrogen and oxygen atoms in total. The molecule has 0 saturated carbocycles. The molecule has 0 bridgehead atoms. The van der Waals surface area contributed by atoms with Crippen LogP contribution in [0.4, 0.5) is 14.5 Å². The first-order valence-corrected chi connectivity index (χ1v) is 6.14. The number of amides is 1. The van der Waals surface area contributed by atoms with Crippen molar-refractivity contribution in [1.29, 1.82) is 5.26 Å². The minimum Gasteiger partial charge on any atom is -0.322 e. The maximum absolute atomic E-state index is 13.5. The second-order valence-electron chi connectivity index (χ2n) is 4.51. The molecule has 108 valence electrons. The summed E-state index contributed by atoms with van der Waals surface area (Å²) in [5.74, 6) is -2.10. The average molecular weight is 290 g/mol. The molecular formula is C14H12F2N4O. The zero-order chi connectivity index (χ0) is 15.6. The highest BCUT2D eigenvalue weighted by Gasteiger charge is 2.19. The zero-order valence-corrected chi connectivity index (χ0v) is 11.4. The SMILES string of the molecule is Cc1nn(C(C)C(=O)Nc2ccc(F)cc2F)cc1C#N. The van der Waals surface area contributed by atoms with Crippen molar-refractivity contribution in [3.8, 4) is 6.07 Å². The van der Waals surface area contributed by atoms with E-state index < -0.39 is 23.6 Å². The number of hydrogen-bond acceptors (Lipinski definition) is 3. The second-order valence-corrected chi connectivity index (χ2v) is 4.51. The Labute approximate surface area is 119 Å². The third-order valence-electron chi connectivity index (χ3n) is 3.00. The van der Waals surface area contributed by atoms with Crippen molar-refractivity contribution in [1.82, 2.24) is 9.78 Å². The minimum atomic E-state index is -0.857. The number of aryl methyl sites for hydroxylation is 1. The molecule has 0 aliphatic heterocycles. The minimum absolute atomic E-state index is 0.113. The molecule has 2 aromatic rings. The van der Waals surface area contributed by atoms with Crippen molar-refractivity contribution in [2.24, 2.45) is 0 Å². The van der Waals surface area contributed by atoms with Crippen molar-refractivity contribution in [3.05, 3.63) is 47.3 Å². The third kappa shape index (κ3) is 3.05. The lowest BCUT2D eigenvalue weighted by molar-refractivity contribution is -0.119. The van der Waals surface area contributed by atoms with Gasteiger partial charge in [0, 0.05) is 12.3 Å². The van der Waals surface area contributed by atoms with E-state index in [1.807, 2.05) is 6.07 Å². The Kier molecular flexibility index (Phi) is 3.98. The summed E-state index contributed by atoms with van der Waals surface area (Å²) in [5, 5.41) is 15.3. The van der Waals surface area contributed by atoms with Gasteiger partial charge in [-0.2, -0.15) is 10.4 Å². The van der Waals surface area contributed by atoms with Gasteiger partial charge in [0.05, 0.1) is 16.9 Å². The van der Waals surface area contributed by atoms with Gasteiger partial charge in [-0.3, -0.25) is 9.48 Å². The molecule has 1 atom stereocenters. The number of aromatic nitrogens is 2. The molecule has 0 aliphatic carbocycles. The molecule has 7 heteroatoms. The van der Waals surface area contributed by atoms with Gasteiger partial charge in [0.25, 0.3) is 0 Å². The highest BCUT2D eigenvalue weighted by Crippen LogP contribution is 2.17. The number of nitriles is 1. The number of carbonyl (C=O) groups excluding carboxylic acids is 1. The van der Waals surface area contributed by atoms with Crippen LogP contribution in [0.2, 0.25) is 0 Å². The number of hydrogen-bond donors (Lipinski definition) is 1. The molecule has 1 unspecified atom stereocenters. The summed E-state index contributed by atoms with van der Waals surface area (Å²) in [7, 11) is 0. The van der Waals surface area contributed by atoms with Crippen molar-refractivity contribution in [3.63, 3.8) is 0 Å². The van der Waals surface area contributed by atoms with Crippen LogP contribution < -0.4 is 5.32 Å². The predicted molar refractivity (Wildman–Crippen MR) is 71.4 cm³/mol. The van der Waals surface area contributed by atoms with E-state index in [2.05, 4.69) is 10.4 Å². The average Bonchev–Trinajstić information content (AvgIpc) is 2.82. The molecule has 1 aromatic heterocycles. The van der Waals surface area contributed by atoms with Gasteiger partial charge in [0.15, 0.2) is 0 Å². The van der Waals surface area contributed by atoms with E-state index in [0.717, 1.165) is 12.1 Å². The number of halogens is 2. The van der Waals surface area contributed by atoms with Crippen molar-refractivity contribution in [2.45, 2.75) is 19.9 Å². The predicted octanol–water partition coefficient (Wildman–Crippen LogP) is 2.54. The molecule has 0 aliphatic rings. The Morgan fingerprint density at radius 3 is 2.76 bits per heavy atom. The van der Waals surface area contributed by atoms with Gasteiger partial charge in [0.2, 0.25) is 5.91 Å². The van der Waals surface area contributed by atoms with Gasteiger partial charge >= 0.3 is 0 Å². The van der Waals surface area contributed by atoms with Crippen LogP contribution >= 0.6 is 0 Å². The fraction of sp³-hybridized carbons (Fsp3) is 0.214. The van der Waals surface area contributed by atoms with Crippen LogP contribution in [0.1, 0.15) is 24.2 Å². The topological polar surface area (TPSA) is 70.7 Å². The standard InChI is InChI=1S/C14H12F2N4O/c1-8-10(6-17)7-20(19-8)9(2)14(21)18-13-4-3-11(15)5-12(13)16/h3-5,7,9H,1-2H3,(H,18,21). The second kappa shape index (κ2) is 5.71. The Balaban J connectivity index is 2.17. The van der Waals surface area contributed by atoms with Crippen molar-refractivity contribution >= 4 is 11.6 Å². The van der Waals surface area contributed by atoms with Gasteiger partial charge in [0.1, 0.15) is 23.7 Å². The summed E-state index contributed by atoms with van der Waals surface area (Å²) < 4.78 is 27.6. The summed E-state index contributed by atoms with van der Waals surface area (Å²) in [4.78, 5) is 12.0. The summed E-state index contributed by atoms with van der Waals surface area (Å²) in [6, 6.07) is 4.10. The highest BCUT2D eigenvalue weighted by molar-refractivity contribution is 5.93. The summed E-state index contributed by atoms with van der Waals surface area (Å²) in [6.07, 6.45) is 1.45. The molecule has 1 heterocycles. The molecule has 2 rings (SSSR count). The quantitative estimate of drug-likeness (QED) is 0.944. The fourth-order valence-electron chi connectivity index (χ4n) is 1.74. The molecule has 1 N–H and O–H groups in total. The Morgan fingerprint density at radius 1 is 1.48 bits per heavy atom. The first kappa shape index (κ1) is 14.7. The molecule has 21 heavy (non-hydrogen) atoms. The van der Waals surface area contributed by atoms with E-state index in [4.69, 9.17) is 5.26 Å². The van der Waals surface area contributed by atoms with Gasteiger partial charge < -0.3 is 5.32 Å². The number of carbonyl (C=O) groups is 1. The van der Waals surface area contributed by atoms with E-state index in [9.17, 15) is 13.6 Å². The third-order valence-corrected chi connectivity index (χ3v) is 3.00. The van der Waals surface area contributed by atoms with E-state index >= 15 is 0 Å². The molecule has 1 amide bonds. The summed E-state index contributed by atoms with van der Waals surface area (Å²) in [6.45, 7) is 3.21. The summed E-state index contributed by atoms with van der Waals surface area (Å²) in [5.41, 5.74) is 0.755. The zero-order valence-electron chi connectivity index (χ0n) is 11.4. The number of benzene rings is 1. The van der Waals surface area contributed by atoms with Crippen molar-refractivity contribution < 1.29 is 13.6 Å². The number of nitrogens with zero attached hydrogens (tertiary/aromatic N) is 3. The Morgan fingerprint density at radius 2 is 2.19 bits per heavy atom. The fourth-order valence-corrected chi connectivity index (χ4v) is 1.74. The number of anilines is 1. The molecule has 0 radical (unpaired) electrons.